The molecule has 1 aliphatic rings. The molecule has 0 spiro atoms. The summed E-state index contributed by atoms with van der Waals surface area (Å²) in [6.07, 6.45) is 1.93. The van der Waals surface area contributed by atoms with Crippen LogP contribution in [0.3, 0.4) is 0 Å². The fourth-order valence-corrected chi connectivity index (χ4v) is 6.62. The maximum absolute atomic E-state index is 7.29. The lowest BCUT2D eigenvalue weighted by atomic mass is 9.79. The van der Waals surface area contributed by atoms with Gasteiger partial charge in [-0.1, -0.05) is 83.5 Å². The molecule has 33 heavy (non-hydrogen) atoms. The van der Waals surface area contributed by atoms with E-state index in [-0.39, 0.29) is 6.04 Å². The van der Waals surface area contributed by atoms with Crippen LogP contribution in [-0.4, -0.2) is 18.1 Å². The van der Waals surface area contributed by atoms with E-state index in [2.05, 4.69) is 121 Å². The van der Waals surface area contributed by atoms with Crippen LogP contribution in [0.15, 0.2) is 91.0 Å². The normalized spacial score (nSPS) is 16.1. The lowest BCUT2D eigenvalue weighted by Crippen LogP contribution is -2.56. The topological polar surface area (TPSA) is 30.9 Å². The summed E-state index contributed by atoms with van der Waals surface area (Å²) in [6, 6.07) is 32.1. The molecule has 0 radical (unpaired) electrons. The Labute approximate surface area is 197 Å². The molecular formula is C28H32N3OSi+. The molecule has 3 aromatic carbocycles. The van der Waals surface area contributed by atoms with Gasteiger partial charge in [0.15, 0.2) is 8.32 Å². The minimum atomic E-state index is -1.96. The van der Waals surface area contributed by atoms with Crippen LogP contribution >= 0.6 is 0 Å². The minimum Gasteiger partial charge on any atom is -0.401 e. The second-order valence-electron chi connectivity index (χ2n) is 9.82. The van der Waals surface area contributed by atoms with Crippen molar-refractivity contribution >= 4 is 8.32 Å². The summed E-state index contributed by atoms with van der Waals surface area (Å²) in [4.78, 5) is 0. The highest BCUT2D eigenvalue weighted by Gasteiger charge is 2.53. The maximum Gasteiger partial charge on any atom is 0.278 e. The Morgan fingerprint density at radius 2 is 1.36 bits per heavy atom. The van der Waals surface area contributed by atoms with Crippen LogP contribution in [0.2, 0.25) is 19.6 Å². The average molecular weight is 455 g/mol. The molecule has 5 rings (SSSR count). The monoisotopic (exact) mass is 454 g/mol. The second kappa shape index (κ2) is 8.40. The number of aromatic nitrogens is 3. The van der Waals surface area contributed by atoms with Crippen molar-refractivity contribution in [2.24, 2.45) is 0 Å². The highest BCUT2D eigenvalue weighted by atomic mass is 28.4. The Bertz CT molecular complexity index is 1190. The first-order chi connectivity index (χ1) is 15.9. The molecule has 4 nitrogen and oxygen atoms in total. The van der Waals surface area contributed by atoms with E-state index in [4.69, 9.17) is 9.52 Å². The number of hydrogen-bond acceptors (Lipinski definition) is 2. The van der Waals surface area contributed by atoms with Crippen LogP contribution in [0.1, 0.15) is 35.2 Å². The second-order valence-corrected chi connectivity index (χ2v) is 14.2. The molecule has 1 atom stereocenters. The summed E-state index contributed by atoms with van der Waals surface area (Å²) in [5, 5.41) is 5.04. The Kier molecular flexibility index (Phi) is 5.55. The maximum atomic E-state index is 7.29. The summed E-state index contributed by atoms with van der Waals surface area (Å²) < 4.78 is 11.8. The number of hydrogen-bond donors (Lipinski definition) is 0. The van der Waals surface area contributed by atoms with Crippen molar-refractivity contribution in [1.82, 2.24) is 9.78 Å². The van der Waals surface area contributed by atoms with Crippen molar-refractivity contribution < 1.29 is 8.99 Å². The van der Waals surface area contributed by atoms with E-state index in [1.54, 1.807) is 0 Å². The van der Waals surface area contributed by atoms with Crippen LogP contribution < -0.4 is 4.57 Å². The predicted octanol–water partition coefficient (Wildman–Crippen LogP) is 5.75. The van der Waals surface area contributed by atoms with Gasteiger partial charge in [0.1, 0.15) is 17.3 Å². The van der Waals surface area contributed by atoms with Crippen LogP contribution in [-0.2, 0) is 16.4 Å². The molecule has 0 bridgehead atoms. The third-order valence-electron chi connectivity index (χ3n) is 6.44. The summed E-state index contributed by atoms with van der Waals surface area (Å²) in [7, 11) is -1.96. The largest absolute Gasteiger partial charge is 0.401 e. The number of aryl methyl sites for hydroxylation is 1. The molecule has 1 aliphatic heterocycles. The van der Waals surface area contributed by atoms with Gasteiger partial charge in [-0.15, -0.1) is 0 Å². The Hall–Kier alpha value is -3.02. The van der Waals surface area contributed by atoms with Gasteiger partial charge in [0.05, 0.1) is 0 Å². The predicted molar refractivity (Wildman–Crippen MR) is 134 cm³/mol. The van der Waals surface area contributed by atoms with Gasteiger partial charge in [0.2, 0.25) is 5.82 Å². The van der Waals surface area contributed by atoms with Crippen molar-refractivity contribution in [3.05, 3.63) is 114 Å². The molecular weight excluding hydrogens is 422 g/mol. The number of benzene rings is 3. The van der Waals surface area contributed by atoms with Gasteiger partial charge in [-0.3, -0.25) is 0 Å². The Balaban J connectivity index is 1.76. The smallest absolute Gasteiger partial charge is 0.278 e. The van der Waals surface area contributed by atoms with Gasteiger partial charge in [0, 0.05) is 18.4 Å². The van der Waals surface area contributed by atoms with E-state index in [9.17, 15) is 0 Å². The number of nitrogens with zero attached hydrogens (tertiary/aromatic N) is 3. The van der Waals surface area contributed by atoms with Crippen LogP contribution in [0.5, 0.6) is 0 Å². The lowest BCUT2D eigenvalue weighted by molar-refractivity contribution is -0.735. The van der Waals surface area contributed by atoms with Crippen molar-refractivity contribution in [1.29, 1.82) is 0 Å². The van der Waals surface area contributed by atoms with Crippen molar-refractivity contribution in [3.63, 3.8) is 0 Å². The van der Waals surface area contributed by atoms with Crippen LogP contribution in [0, 0.1) is 6.92 Å². The van der Waals surface area contributed by atoms with Gasteiger partial charge >= 0.3 is 0 Å². The molecule has 4 aromatic rings. The molecule has 2 heterocycles. The van der Waals surface area contributed by atoms with E-state index < -0.39 is 13.9 Å². The molecule has 168 valence electrons. The molecule has 5 heteroatoms. The summed E-state index contributed by atoms with van der Waals surface area (Å²) in [6.45, 7) is 9.04. The molecule has 0 saturated carbocycles. The standard InChI is InChI=1S/C28H32N3OSi/c1-22-30-26(20-21-27(30)29-31(22)25-18-12-7-13-19-25)28(32-33(2,3)4,23-14-8-5-9-15-23)24-16-10-6-11-17-24/h5-19,26H,20-21H2,1-4H3/q+1/t26-/m0/s1. The van der Waals surface area contributed by atoms with Crippen molar-refractivity contribution in [2.75, 3.05) is 0 Å². The van der Waals surface area contributed by atoms with Crippen LogP contribution in [0.4, 0.5) is 0 Å². The number of rotatable bonds is 6. The summed E-state index contributed by atoms with van der Waals surface area (Å²) in [5.41, 5.74) is 2.91. The number of para-hydroxylation sites is 1. The average Bonchev–Trinajstić information content (AvgIpc) is 3.39. The van der Waals surface area contributed by atoms with E-state index in [0.29, 0.717) is 0 Å². The molecule has 0 amide bonds. The highest BCUT2D eigenvalue weighted by Crippen LogP contribution is 2.47. The van der Waals surface area contributed by atoms with E-state index in [1.165, 1.54) is 11.1 Å². The van der Waals surface area contributed by atoms with E-state index in [0.717, 1.165) is 30.2 Å². The molecule has 0 saturated heterocycles. The summed E-state index contributed by atoms with van der Waals surface area (Å²) >= 11 is 0. The van der Waals surface area contributed by atoms with E-state index in [1.807, 2.05) is 6.07 Å². The first-order valence-electron chi connectivity index (χ1n) is 11.8. The van der Waals surface area contributed by atoms with Crippen molar-refractivity contribution in [2.45, 2.75) is 51.0 Å². The molecule has 0 unspecified atom stereocenters. The molecule has 0 N–H and O–H groups in total. The van der Waals surface area contributed by atoms with Gasteiger partial charge in [0.25, 0.3) is 5.82 Å². The molecule has 0 fully saturated rings. The first-order valence-corrected chi connectivity index (χ1v) is 15.2. The van der Waals surface area contributed by atoms with Crippen LogP contribution in [0.25, 0.3) is 5.69 Å². The fraction of sp³-hybridized carbons (Fsp3) is 0.286. The Morgan fingerprint density at radius 3 is 1.88 bits per heavy atom. The van der Waals surface area contributed by atoms with Gasteiger partial charge in [-0.25, -0.2) is 4.57 Å². The van der Waals surface area contributed by atoms with Gasteiger partial charge in [-0.2, -0.15) is 0 Å². The zero-order chi connectivity index (χ0) is 23.1. The van der Waals surface area contributed by atoms with E-state index >= 15 is 0 Å². The fourth-order valence-electron chi connectivity index (χ4n) is 5.29. The molecule has 0 aliphatic carbocycles. The first kappa shape index (κ1) is 21.8. The van der Waals surface area contributed by atoms with Gasteiger partial charge < -0.3 is 4.43 Å². The third-order valence-corrected chi connectivity index (χ3v) is 7.38. The zero-order valence-electron chi connectivity index (χ0n) is 19.9. The minimum absolute atomic E-state index is 0.112. The zero-order valence-corrected chi connectivity index (χ0v) is 20.9. The third kappa shape index (κ3) is 3.85. The Morgan fingerprint density at radius 1 is 0.848 bits per heavy atom. The number of fused-ring (bicyclic) bond motifs is 1. The highest BCUT2D eigenvalue weighted by molar-refractivity contribution is 6.69. The lowest BCUT2D eigenvalue weighted by Gasteiger charge is -2.43. The quantitative estimate of drug-likeness (QED) is 0.274. The SMILES string of the molecule is Cc1n(-c2ccccc2)nc2[n+]1[C@H](C(O[Si](C)(C)C)(c1ccccc1)c1ccccc1)CC2. The summed E-state index contributed by atoms with van der Waals surface area (Å²) in [5.74, 6) is 2.26. The molecule has 1 aromatic heterocycles. The van der Waals surface area contributed by atoms with Crippen molar-refractivity contribution in [3.8, 4) is 5.69 Å². The van der Waals surface area contributed by atoms with Gasteiger partial charge in [-0.05, 0) is 49.3 Å².